The molecule has 1 N–H and O–H groups in total. The number of nitrogens with zero attached hydrogens (tertiary/aromatic N) is 4. The summed E-state index contributed by atoms with van der Waals surface area (Å²) >= 11 is 0. The van der Waals surface area contributed by atoms with Gasteiger partial charge in [-0.05, 0) is 30.2 Å². The second kappa shape index (κ2) is 4.87. The Bertz CT molecular complexity index is 1120. The molecule has 0 spiro atoms. The summed E-state index contributed by atoms with van der Waals surface area (Å²) in [5, 5.41) is 9.99. The normalized spacial score (nSPS) is 25.1. The molecule has 2 aromatic carbocycles. The minimum atomic E-state index is -0.670. The van der Waals surface area contributed by atoms with E-state index < -0.39 is 5.41 Å². The van der Waals surface area contributed by atoms with Crippen LogP contribution in [0.15, 0.2) is 54.7 Å². The van der Waals surface area contributed by atoms with Gasteiger partial charge in [0.25, 0.3) is 0 Å². The average Bonchev–Trinajstić information content (AvgIpc) is 3.04. The summed E-state index contributed by atoms with van der Waals surface area (Å²) in [5.41, 5.74) is 3.75. The lowest BCUT2D eigenvalue weighted by Gasteiger charge is -2.06. The third kappa shape index (κ3) is 1.85. The lowest BCUT2D eigenvalue weighted by Crippen LogP contribution is -2.11. The first-order valence-electron chi connectivity index (χ1n) is 8.32. The van der Waals surface area contributed by atoms with Crippen molar-refractivity contribution < 1.29 is 0 Å². The second-order valence-corrected chi connectivity index (χ2v) is 6.63. The number of nitrogens with one attached hydrogen (secondary N) is 1. The highest BCUT2D eigenvalue weighted by molar-refractivity contribution is 5.76. The minimum Gasteiger partial charge on any atom is -0.341 e. The zero-order valence-corrected chi connectivity index (χ0v) is 13.6. The standard InChI is InChI=1S/C20H15N5/c1-12-18(17-10-22-13-6-2-3-7-14(13)23-17)20(12,11-21)19-24-15-8-4-5-9-16(15)25-19/h2-10,12,18H,1H3,(H,24,25)/t12?,18-,20+/m1/s1. The van der Waals surface area contributed by atoms with Crippen LogP contribution in [0.4, 0.5) is 0 Å². The molecule has 0 amide bonds. The van der Waals surface area contributed by atoms with Crippen LogP contribution in [-0.2, 0) is 5.41 Å². The van der Waals surface area contributed by atoms with Crippen molar-refractivity contribution in [2.75, 3.05) is 0 Å². The van der Waals surface area contributed by atoms with Crippen LogP contribution >= 0.6 is 0 Å². The van der Waals surface area contributed by atoms with Gasteiger partial charge in [-0.25, -0.2) is 9.97 Å². The highest BCUT2D eigenvalue weighted by atomic mass is 15.0. The van der Waals surface area contributed by atoms with Crippen LogP contribution in [0.3, 0.4) is 0 Å². The minimum absolute atomic E-state index is 0.00447. The summed E-state index contributed by atoms with van der Waals surface area (Å²) < 4.78 is 0. The number of aromatic nitrogens is 4. The molecule has 1 unspecified atom stereocenters. The number of hydrogen-bond acceptors (Lipinski definition) is 4. The fourth-order valence-corrected chi connectivity index (χ4v) is 3.91. The Morgan fingerprint density at radius 2 is 1.72 bits per heavy atom. The quantitative estimate of drug-likeness (QED) is 0.609. The van der Waals surface area contributed by atoms with E-state index in [4.69, 9.17) is 4.98 Å². The second-order valence-electron chi connectivity index (χ2n) is 6.63. The first-order chi connectivity index (χ1) is 12.2. The van der Waals surface area contributed by atoms with E-state index in [0.717, 1.165) is 33.6 Å². The monoisotopic (exact) mass is 325 g/mol. The van der Waals surface area contributed by atoms with Gasteiger partial charge in [-0.3, -0.25) is 4.98 Å². The largest absolute Gasteiger partial charge is 0.341 e. The number of para-hydroxylation sites is 4. The smallest absolute Gasteiger partial charge is 0.128 e. The third-order valence-electron chi connectivity index (χ3n) is 5.35. The van der Waals surface area contributed by atoms with Crippen LogP contribution in [0, 0.1) is 17.2 Å². The molecule has 1 aliphatic carbocycles. The molecule has 1 saturated carbocycles. The molecule has 0 saturated heterocycles. The Labute approximate surface area is 144 Å². The molecule has 0 aliphatic heterocycles. The van der Waals surface area contributed by atoms with Gasteiger partial charge in [0.1, 0.15) is 11.2 Å². The summed E-state index contributed by atoms with van der Waals surface area (Å²) in [6.45, 7) is 2.08. The van der Waals surface area contributed by atoms with Crippen molar-refractivity contribution in [1.29, 1.82) is 5.26 Å². The molecule has 0 radical (unpaired) electrons. The lowest BCUT2D eigenvalue weighted by molar-refractivity contribution is 0.737. The summed E-state index contributed by atoms with van der Waals surface area (Å²) in [6.07, 6.45) is 1.80. The van der Waals surface area contributed by atoms with Gasteiger partial charge in [0.2, 0.25) is 0 Å². The molecule has 5 rings (SSSR count). The van der Waals surface area contributed by atoms with E-state index in [9.17, 15) is 5.26 Å². The van der Waals surface area contributed by atoms with Crippen LogP contribution in [0.25, 0.3) is 22.1 Å². The number of benzene rings is 2. The Balaban J connectivity index is 1.63. The van der Waals surface area contributed by atoms with E-state index in [1.807, 2.05) is 48.5 Å². The molecule has 1 aliphatic rings. The van der Waals surface area contributed by atoms with Crippen LogP contribution in [-0.4, -0.2) is 19.9 Å². The summed E-state index contributed by atoms with van der Waals surface area (Å²) in [5.74, 6) is 0.854. The predicted molar refractivity (Wildman–Crippen MR) is 94.8 cm³/mol. The molecular weight excluding hydrogens is 310 g/mol. The van der Waals surface area contributed by atoms with Gasteiger partial charge in [0, 0.05) is 12.1 Å². The van der Waals surface area contributed by atoms with Crippen molar-refractivity contribution in [1.82, 2.24) is 19.9 Å². The number of H-pyrrole nitrogens is 1. The molecule has 4 aromatic rings. The topological polar surface area (TPSA) is 78.2 Å². The Morgan fingerprint density at radius 1 is 1.00 bits per heavy atom. The molecule has 5 heteroatoms. The highest BCUT2D eigenvalue weighted by Crippen LogP contribution is 2.64. The maximum Gasteiger partial charge on any atom is 0.128 e. The van der Waals surface area contributed by atoms with Gasteiger partial charge in [-0.2, -0.15) is 5.26 Å². The van der Waals surface area contributed by atoms with Crippen LogP contribution in [0.5, 0.6) is 0 Å². The van der Waals surface area contributed by atoms with Crippen molar-refractivity contribution in [2.24, 2.45) is 5.92 Å². The van der Waals surface area contributed by atoms with Gasteiger partial charge < -0.3 is 4.98 Å². The predicted octanol–water partition coefficient (Wildman–Crippen LogP) is 3.70. The van der Waals surface area contributed by atoms with Crippen molar-refractivity contribution >= 4 is 22.1 Å². The Morgan fingerprint density at radius 3 is 2.48 bits per heavy atom. The fourth-order valence-electron chi connectivity index (χ4n) is 3.91. The van der Waals surface area contributed by atoms with Gasteiger partial charge >= 0.3 is 0 Å². The first-order valence-corrected chi connectivity index (χ1v) is 8.32. The number of nitriles is 1. The number of imidazole rings is 1. The molecule has 2 heterocycles. The Hall–Kier alpha value is -3.26. The van der Waals surface area contributed by atoms with Crippen molar-refractivity contribution in [3.05, 3.63) is 66.2 Å². The van der Waals surface area contributed by atoms with E-state index in [0.29, 0.717) is 0 Å². The van der Waals surface area contributed by atoms with E-state index in [-0.39, 0.29) is 11.8 Å². The van der Waals surface area contributed by atoms with E-state index >= 15 is 0 Å². The third-order valence-corrected chi connectivity index (χ3v) is 5.35. The molecule has 120 valence electrons. The number of hydrogen-bond donors (Lipinski definition) is 1. The van der Waals surface area contributed by atoms with Crippen LogP contribution in [0.2, 0.25) is 0 Å². The number of aromatic amines is 1. The SMILES string of the molecule is CC1[C@H](c2cnc3ccccc3n2)[C@@]1(C#N)c1nc2ccccc2[nH]1. The molecular formula is C20H15N5. The van der Waals surface area contributed by atoms with Gasteiger partial charge in [-0.1, -0.05) is 31.2 Å². The number of fused-ring (bicyclic) bond motifs is 2. The van der Waals surface area contributed by atoms with Crippen LogP contribution < -0.4 is 0 Å². The molecule has 2 aromatic heterocycles. The fraction of sp³-hybridized carbons (Fsp3) is 0.200. The van der Waals surface area contributed by atoms with E-state index in [2.05, 4.69) is 27.9 Å². The maximum absolute atomic E-state index is 9.99. The first kappa shape index (κ1) is 14.1. The molecule has 0 bridgehead atoms. The molecule has 3 atom stereocenters. The van der Waals surface area contributed by atoms with Crippen molar-refractivity contribution in [3.8, 4) is 6.07 Å². The van der Waals surface area contributed by atoms with Crippen LogP contribution in [0.1, 0.15) is 24.4 Å². The summed E-state index contributed by atoms with van der Waals surface area (Å²) in [6, 6.07) is 18.2. The molecule has 1 fully saturated rings. The van der Waals surface area contributed by atoms with Crippen molar-refractivity contribution in [3.63, 3.8) is 0 Å². The van der Waals surface area contributed by atoms with E-state index in [1.165, 1.54) is 0 Å². The van der Waals surface area contributed by atoms with Gasteiger partial charge in [-0.15, -0.1) is 0 Å². The van der Waals surface area contributed by atoms with Crippen molar-refractivity contribution in [2.45, 2.75) is 18.3 Å². The van der Waals surface area contributed by atoms with Gasteiger partial charge in [0.05, 0.1) is 33.8 Å². The zero-order valence-electron chi connectivity index (χ0n) is 13.6. The van der Waals surface area contributed by atoms with E-state index in [1.54, 1.807) is 6.20 Å². The highest BCUT2D eigenvalue weighted by Gasteiger charge is 2.67. The average molecular weight is 325 g/mol. The summed E-state index contributed by atoms with van der Waals surface area (Å²) in [4.78, 5) is 17.3. The lowest BCUT2D eigenvalue weighted by atomic mass is 10.0. The molecule has 25 heavy (non-hydrogen) atoms. The molecule has 5 nitrogen and oxygen atoms in total. The zero-order chi connectivity index (χ0) is 17.0. The van der Waals surface area contributed by atoms with Gasteiger partial charge in [0.15, 0.2) is 0 Å². The Kier molecular flexibility index (Phi) is 2.75. The summed E-state index contributed by atoms with van der Waals surface area (Å²) in [7, 11) is 0. The number of rotatable bonds is 2. The maximum atomic E-state index is 9.99.